The molecule has 148 valence electrons. The predicted molar refractivity (Wildman–Crippen MR) is 114 cm³/mol. The summed E-state index contributed by atoms with van der Waals surface area (Å²) in [7, 11) is -3.92. The van der Waals surface area contributed by atoms with Gasteiger partial charge >= 0.3 is 0 Å². The molecule has 1 saturated carbocycles. The molecule has 3 aliphatic rings. The van der Waals surface area contributed by atoms with Gasteiger partial charge in [0.2, 0.25) is 15.6 Å². The molecule has 5 heteroatoms. The summed E-state index contributed by atoms with van der Waals surface area (Å²) in [5, 5.41) is 0. The molecule has 2 heterocycles. The molecule has 0 radical (unpaired) electrons. The fourth-order valence-electron chi connectivity index (χ4n) is 4.95. The van der Waals surface area contributed by atoms with E-state index in [0.717, 1.165) is 36.1 Å². The van der Waals surface area contributed by atoms with E-state index in [2.05, 4.69) is 0 Å². The van der Waals surface area contributed by atoms with Gasteiger partial charge in [-0.3, -0.25) is 4.79 Å². The van der Waals surface area contributed by atoms with Gasteiger partial charge in [-0.15, -0.1) is 0 Å². The summed E-state index contributed by atoms with van der Waals surface area (Å²) in [4.78, 5) is 16.0. The summed E-state index contributed by atoms with van der Waals surface area (Å²) >= 11 is 0. The van der Waals surface area contributed by atoms with Crippen molar-refractivity contribution in [2.45, 2.75) is 49.5 Å². The van der Waals surface area contributed by atoms with Gasteiger partial charge in [0.15, 0.2) is 0 Å². The van der Waals surface area contributed by atoms with Crippen LogP contribution < -0.4 is 4.90 Å². The van der Waals surface area contributed by atoms with Gasteiger partial charge in [-0.2, -0.15) is 0 Å². The molecule has 0 amide bonds. The highest BCUT2D eigenvalue weighted by Gasteiger charge is 2.56. The van der Waals surface area contributed by atoms with E-state index in [0.29, 0.717) is 18.5 Å². The number of hydrogen-bond donors (Lipinski definition) is 0. The number of carbonyl (C=O) groups excluding carboxylic acids is 1. The number of sulfone groups is 1. The van der Waals surface area contributed by atoms with E-state index in [9.17, 15) is 13.2 Å². The molecular weight excluding hydrogens is 382 g/mol. The molecule has 5 rings (SSSR count). The molecule has 2 aromatic rings. The predicted octanol–water partition coefficient (Wildman–Crippen LogP) is 4.80. The highest BCUT2D eigenvalue weighted by molar-refractivity contribution is 7.96. The molecule has 2 aromatic carbocycles. The lowest BCUT2D eigenvalue weighted by Crippen LogP contribution is -2.52. The molecule has 1 spiro atoms. The minimum Gasteiger partial charge on any atom is -0.326 e. The van der Waals surface area contributed by atoms with Gasteiger partial charge in [0, 0.05) is 5.69 Å². The van der Waals surface area contributed by atoms with E-state index in [-0.39, 0.29) is 15.6 Å². The van der Waals surface area contributed by atoms with Crippen molar-refractivity contribution in [3.05, 3.63) is 76.3 Å². The average molecular weight is 406 g/mol. The Morgan fingerprint density at radius 3 is 2.31 bits per heavy atom. The first-order valence-corrected chi connectivity index (χ1v) is 11.6. The van der Waals surface area contributed by atoms with Crippen molar-refractivity contribution in [3.63, 3.8) is 0 Å². The van der Waals surface area contributed by atoms with Crippen LogP contribution in [0.2, 0.25) is 0 Å². The Balaban J connectivity index is 1.76. The molecular formula is C24H23NO3S. The van der Waals surface area contributed by atoms with Crippen molar-refractivity contribution in [1.29, 1.82) is 0 Å². The standard InChI is InChI=1S/C24H23NO3S/c1-17-9-12-19(13-10-17)29(27,28)22-21-14-11-18-7-3-4-8-20(18)25(21)24(23(22)26)15-5-2-6-16-24/h3-4,7-14H,2,5-6,15-16H2,1H3. The van der Waals surface area contributed by atoms with Crippen LogP contribution in [0.5, 0.6) is 0 Å². The number of Topliss-reactive ketones (excluding diaryl/α,β-unsaturated/α-hetero) is 1. The largest absolute Gasteiger partial charge is 0.326 e. The SMILES string of the molecule is Cc1ccc(S(=O)(=O)C2=C3C=Cc4ccccc4N3C3(CCCCC3)C2=O)cc1. The number of rotatable bonds is 2. The number of fused-ring (bicyclic) bond motifs is 4. The highest BCUT2D eigenvalue weighted by atomic mass is 32.2. The van der Waals surface area contributed by atoms with Crippen LogP contribution in [0.25, 0.3) is 6.08 Å². The zero-order valence-electron chi connectivity index (χ0n) is 16.4. The van der Waals surface area contributed by atoms with Crippen molar-refractivity contribution in [2.24, 2.45) is 0 Å². The lowest BCUT2D eigenvalue weighted by molar-refractivity contribution is -0.119. The van der Waals surface area contributed by atoms with Crippen LogP contribution in [0.15, 0.2) is 70.1 Å². The number of allylic oxidation sites excluding steroid dienone is 1. The van der Waals surface area contributed by atoms with E-state index < -0.39 is 15.4 Å². The first-order chi connectivity index (χ1) is 13.9. The third-order valence-corrected chi connectivity index (χ3v) is 8.23. The van der Waals surface area contributed by atoms with E-state index in [1.807, 2.05) is 48.2 Å². The van der Waals surface area contributed by atoms with Gasteiger partial charge in [0.25, 0.3) is 0 Å². The van der Waals surface area contributed by atoms with Gasteiger partial charge in [0.05, 0.1) is 10.6 Å². The molecule has 0 aromatic heterocycles. The van der Waals surface area contributed by atoms with Crippen LogP contribution in [0.1, 0.15) is 43.2 Å². The molecule has 29 heavy (non-hydrogen) atoms. The minimum absolute atomic E-state index is 0.0472. The molecule has 1 fully saturated rings. The van der Waals surface area contributed by atoms with E-state index in [1.54, 1.807) is 24.3 Å². The molecule has 1 aliphatic carbocycles. The Morgan fingerprint density at radius 2 is 1.59 bits per heavy atom. The number of anilines is 1. The topological polar surface area (TPSA) is 54.5 Å². The van der Waals surface area contributed by atoms with Crippen LogP contribution in [0.4, 0.5) is 5.69 Å². The Hall–Kier alpha value is -2.66. The summed E-state index contributed by atoms with van der Waals surface area (Å²) < 4.78 is 27.2. The molecule has 0 atom stereocenters. The van der Waals surface area contributed by atoms with Crippen molar-refractivity contribution >= 4 is 27.4 Å². The summed E-state index contributed by atoms with van der Waals surface area (Å²) in [6, 6.07) is 14.7. The van der Waals surface area contributed by atoms with Crippen LogP contribution in [0, 0.1) is 6.92 Å². The lowest BCUT2D eigenvalue weighted by atomic mass is 9.78. The fraction of sp³-hybridized carbons (Fsp3) is 0.292. The van der Waals surface area contributed by atoms with Gasteiger partial charge in [-0.05, 0) is 49.6 Å². The molecule has 0 bridgehead atoms. The number of nitrogens with zero attached hydrogens (tertiary/aromatic N) is 1. The van der Waals surface area contributed by atoms with E-state index in [4.69, 9.17) is 0 Å². The second kappa shape index (κ2) is 6.42. The summed E-state index contributed by atoms with van der Waals surface area (Å²) in [5.41, 5.74) is 2.66. The lowest BCUT2D eigenvalue weighted by Gasteiger charge is -2.43. The van der Waals surface area contributed by atoms with Crippen molar-refractivity contribution in [1.82, 2.24) is 0 Å². The Kier molecular flexibility index (Phi) is 4.07. The average Bonchev–Trinajstić information content (AvgIpc) is 2.97. The molecule has 4 nitrogen and oxygen atoms in total. The Morgan fingerprint density at radius 1 is 0.897 bits per heavy atom. The quantitative estimate of drug-likeness (QED) is 0.720. The van der Waals surface area contributed by atoms with Gasteiger partial charge in [-0.1, -0.05) is 61.2 Å². The number of ketones is 1. The monoisotopic (exact) mass is 405 g/mol. The van der Waals surface area contributed by atoms with Gasteiger partial charge in [0.1, 0.15) is 10.4 Å². The van der Waals surface area contributed by atoms with Crippen LogP contribution in [0.3, 0.4) is 0 Å². The molecule has 2 aliphatic heterocycles. The second-order valence-corrected chi connectivity index (χ2v) is 10.1. The molecule has 0 N–H and O–H groups in total. The summed E-state index contributed by atoms with van der Waals surface area (Å²) in [6.45, 7) is 1.92. The van der Waals surface area contributed by atoms with Crippen LogP contribution in [-0.2, 0) is 14.6 Å². The minimum atomic E-state index is -3.92. The number of para-hydroxylation sites is 1. The zero-order valence-corrected chi connectivity index (χ0v) is 17.2. The normalized spacial score (nSPS) is 20.2. The Labute approximate surface area is 171 Å². The number of aryl methyl sites for hydroxylation is 1. The van der Waals surface area contributed by atoms with Crippen molar-refractivity contribution in [2.75, 3.05) is 4.90 Å². The van der Waals surface area contributed by atoms with E-state index in [1.165, 1.54) is 0 Å². The van der Waals surface area contributed by atoms with Crippen LogP contribution >= 0.6 is 0 Å². The third kappa shape index (κ3) is 2.57. The maximum absolute atomic E-state index is 13.8. The second-order valence-electron chi connectivity index (χ2n) is 8.18. The Bertz CT molecular complexity index is 1170. The smallest absolute Gasteiger partial charge is 0.212 e. The maximum Gasteiger partial charge on any atom is 0.212 e. The zero-order chi connectivity index (χ0) is 20.2. The summed E-state index contributed by atoms with van der Waals surface area (Å²) in [6.07, 6.45) is 8.04. The molecule has 0 saturated heterocycles. The fourth-order valence-corrected chi connectivity index (χ4v) is 6.55. The third-order valence-electron chi connectivity index (χ3n) is 6.41. The summed E-state index contributed by atoms with van der Waals surface area (Å²) in [5.74, 6) is -0.242. The van der Waals surface area contributed by atoms with E-state index >= 15 is 0 Å². The van der Waals surface area contributed by atoms with Crippen molar-refractivity contribution < 1.29 is 13.2 Å². The maximum atomic E-state index is 13.8. The molecule has 0 unspecified atom stereocenters. The van der Waals surface area contributed by atoms with Crippen molar-refractivity contribution in [3.8, 4) is 0 Å². The first kappa shape index (κ1) is 18.4. The number of benzene rings is 2. The van der Waals surface area contributed by atoms with Gasteiger partial charge in [-0.25, -0.2) is 8.42 Å². The first-order valence-electron chi connectivity index (χ1n) is 10.1. The highest BCUT2D eigenvalue weighted by Crippen LogP contribution is 2.51. The van der Waals surface area contributed by atoms with Crippen LogP contribution in [-0.4, -0.2) is 19.7 Å². The number of hydrogen-bond acceptors (Lipinski definition) is 4. The van der Waals surface area contributed by atoms with Gasteiger partial charge < -0.3 is 4.90 Å². The number of carbonyl (C=O) groups is 1.